The van der Waals surface area contributed by atoms with Crippen LogP contribution in [-0.2, 0) is 0 Å². The summed E-state index contributed by atoms with van der Waals surface area (Å²) in [6, 6.07) is 0.619. The molecule has 1 saturated carbocycles. The van der Waals surface area contributed by atoms with Crippen molar-refractivity contribution in [2.75, 3.05) is 13.1 Å². The highest BCUT2D eigenvalue weighted by atomic mass is 16.2. The summed E-state index contributed by atoms with van der Waals surface area (Å²) in [6.07, 6.45) is 2.34. The van der Waals surface area contributed by atoms with Gasteiger partial charge in [0.05, 0.1) is 0 Å². The Kier molecular flexibility index (Phi) is 1.51. The number of hydrogen-bond acceptors (Lipinski definition) is 1. The average molecular weight is 154 g/mol. The van der Waals surface area contributed by atoms with Crippen LogP contribution in [-0.4, -0.2) is 30.1 Å². The van der Waals surface area contributed by atoms with Gasteiger partial charge in [0.2, 0.25) is 0 Å². The normalized spacial score (nSPS) is 34.5. The monoisotopic (exact) mass is 154 g/mol. The van der Waals surface area contributed by atoms with Crippen molar-refractivity contribution in [3.63, 3.8) is 0 Å². The van der Waals surface area contributed by atoms with Gasteiger partial charge in [-0.25, -0.2) is 4.79 Å². The summed E-state index contributed by atoms with van der Waals surface area (Å²) in [6.45, 7) is 4.07. The van der Waals surface area contributed by atoms with Crippen LogP contribution in [0.5, 0.6) is 0 Å². The number of carbonyl (C=O) groups excluding carboxylic acids is 1. The predicted octanol–water partition coefficient (Wildman–Crippen LogP) is 0.810. The number of amides is 2. The van der Waals surface area contributed by atoms with E-state index >= 15 is 0 Å². The molecule has 2 rings (SSSR count). The van der Waals surface area contributed by atoms with E-state index in [1.54, 1.807) is 0 Å². The molecule has 3 heteroatoms. The summed E-state index contributed by atoms with van der Waals surface area (Å²) in [5.41, 5.74) is 0. The topological polar surface area (TPSA) is 32.3 Å². The van der Waals surface area contributed by atoms with E-state index in [2.05, 4.69) is 12.2 Å². The number of likely N-dealkylation sites (tertiary alicyclic amines) is 1. The Hall–Kier alpha value is -0.730. The molecule has 2 amide bonds. The molecule has 11 heavy (non-hydrogen) atoms. The quantitative estimate of drug-likeness (QED) is 0.595. The number of carbonyl (C=O) groups is 1. The standard InChI is InChI=1S/C8H14N2O/c1-6-5-7(6)9-8(11)10-3-2-4-10/h6-7H,2-5H2,1H3,(H,9,11). The summed E-state index contributed by atoms with van der Waals surface area (Å²) in [5.74, 6) is 0.709. The molecular weight excluding hydrogens is 140 g/mol. The van der Waals surface area contributed by atoms with Crippen LogP contribution in [0.15, 0.2) is 0 Å². The lowest BCUT2D eigenvalue weighted by Crippen LogP contribution is -2.48. The van der Waals surface area contributed by atoms with Gasteiger partial charge < -0.3 is 10.2 Å². The lowest BCUT2D eigenvalue weighted by Gasteiger charge is -2.30. The van der Waals surface area contributed by atoms with Crippen LogP contribution >= 0.6 is 0 Å². The van der Waals surface area contributed by atoms with Crippen LogP contribution in [0.1, 0.15) is 19.8 Å². The minimum Gasteiger partial charge on any atom is -0.335 e. The van der Waals surface area contributed by atoms with Gasteiger partial charge in [-0.2, -0.15) is 0 Å². The van der Waals surface area contributed by atoms with Gasteiger partial charge in [0.1, 0.15) is 0 Å². The summed E-state index contributed by atoms with van der Waals surface area (Å²) in [5, 5.41) is 2.99. The van der Waals surface area contributed by atoms with Crippen molar-refractivity contribution in [1.29, 1.82) is 0 Å². The fourth-order valence-corrected chi connectivity index (χ4v) is 1.29. The second-order valence-corrected chi connectivity index (χ2v) is 3.61. The van der Waals surface area contributed by atoms with Crippen molar-refractivity contribution in [1.82, 2.24) is 10.2 Å². The number of urea groups is 1. The van der Waals surface area contributed by atoms with Crippen LogP contribution in [0.4, 0.5) is 4.79 Å². The summed E-state index contributed by atoms with van der Waals surface area (Å²) in [7, 11) is 0. The minimum atomic E-state index is 0.144. The van der Waals surface area contributed by atoms with E-state index < -0.39 is 0 Å². The molecule has 1 heterocycles. The molecule has 1 saturated heterocycles. The van der Waals surface area contributed by atoms with Crippen LogP contribution in [0.2, 0.25) is 0 Å². The number of rotatable bonds is 1. The molecule has 2 aliphatic rings. The Morgan fingerprint density at radius 1 is 1.55 bits per heavy atom. The molecule has 1 aliphatic heterocycles. The van der Waals surface area contributed by atoms with Crippen molar-refractivity contribution in [2.24, 2.45) is 5.92 Å². The Morgan fingerprint density at radius 3 is 2.55 bits per heavy atom. The molecule has 0 aromatic rings. The number of hydrogen-bond donors (Lipinski definition) is 1. The maximum Gasteiger partial charge on any atom is 0.317 e. The molecule has 2 unspecified atom stereocenters. The molecule has 2 fully saturated rings. The third kappa shape index (κ3) is 1.32. The van der Waals surface area contributed by atoms with Crippen LogP contribution in [0.3, 0.4) is 0 Å². The van der Waals surface area contributed by atoms with Gasteiger partial charge in [-0.15, -0.1) is 0 Å². The molecule has 0 aromatic carbocycles. The lowest BCUT2D eigenvalue weighted by molar-refractivity contribution is 0.167. The van der Waals surface area contributed by atoms with E-state index in [4.69, 9.17) is 0 Å². The van der Waals surface area contributed by atoms with Crippen molar-refractivity contribution < 1.29 is 4.79 Å². The molecule has 62 valence electrons. The Bertz CT molecular complexity index is 177. The second kappa shape index (κ2) is 2.40. The number of nitrogens with zero attached hydrogens (tertiary/aromatic N) is 1. The first-order chi connectivity index (χ1) is 5.27. The fourth-order valence-electron chi connectivity index (χ4n) is 1.29. The van der Waals surface area contributed by atoms with Gasteiger partial charge in [-0.3, -0.25) is 0 Å². The predicted molar refractivity (Wildman–Crippen MR) is 42.3 cm³/mol. The van der Waals surface area contributed by atoms with Crippen molar-refractivity contribution >= 4 is 6.03 Å². The molecule has 1 aliphatic carbocycles. The Labute approximate surface area is 66.8 Å². The number of nitrogens with one attached hydrogen (secondary N) is 1. The largest absolute Gasteiger partial charge is 0.335 e. The molecular formula is C8H14N2O. The van der Waals surface area contributed by atoms with Crippen LogP contribution in [0.25, 0.3) is 0 Å². The maximum absolute atomic E-state index is 11.2. The third-order valence-corrected chi connectivity index (χ3v) is 2.56. The van der Waals surface area contributed by atoms with Crippen molar-refractivity contribution in [2.45, 2.75) is 25.8 Å². The van der Waals surface area contributed by atoms with Gasteiger partial charge in [0.25, 0.3) is 0 Å². The summed E-state index contributed by atoms with van der Waals surface area (Å²) >= 11 is 0. The van der Waals surface area contributed by atoms with Gasteiger partial charge in [0.15, 0.2) is 0 Å². The fraction of sp³-hybridized carbons (Fsp3) is 0.875. The van der Waals surface area contributed by atoms with Gasteiger partial charge >= 0.3 is 6.03 Å². The molecule has 2 atom stereocenters. The van der Waals surface area contributed by atoms with Crippen molar-refractivity contribution in [3.05, 3.63) is 0 Å². The molecule has 0 aromatic heterocycles. The zero-order chi connectivity index (χ0) is 7.84. The average Bonchev–Trinajstić information content (AvgIpc) is 2.40. The highest BCUT2D eigenvalue weighted by Gasteiger charge is 2.35. The zero-order valence-electron chi connectivity index (χ0n) is 6.84. The third-order valence-electron chi connectivity index (χ3n) is 2.56. The van der Waals surface area contributed by atoms with Crippen LogP contribution < -0.4 is 5.32 Å². The van der Waals surface area contributed by atoms with E-state index in [9.17, 15) is 4.79 Å². The molecule has 3 nitrogen and oxygen atoms in total. The highest BCUT2D eigenvalue weighted by molar-refractivity contribution is 5.75. The first kappa shape index (κ1) is 6.95. The Balaban J connectivity index is 1.73. The van der Waals surface area contributed by atoms with Gasteiger partial charge in [0, 0.05) is 19.1 Å². The molecule has 0 bridgehead atoms. The summed E-state index contributed by atoms with van der Waals surface area (Å²) < 4.78 is 0. The van der Waals surface area contributed by atoms with E-state index in [0.717, 1.165) is 13.1 Å². The van der Waals surface area contributed by atoms with Crippen molar-refractivity contribution in [3.8, 4) is 0 Å². The van der Waals surface area contributed by atoms with E-state index in [-0.39, 0.29) is 6.03 Å². The first-order valence-corrected chi connectivity index (χ1v) is 4.33. The van der Waals surface area contributed by atoms with E-state index in [1.165, 1.54) is 12.8 Å². The first-order valence-electron chi connectivity index (χ1n) is 4.33. The second-order valence-electron chi connectivity index (χ2n) is 3.61. The van der Waals surface area contributed by atoms with E-state index in [0.29, 0.717) is 12.0 Å². The molecule has 0 radical (unpaired) electrons. The summed E-state index contributed by atoms with van der Waals surface area (Å²) in [4.78, 5) is 13.1. The SMILES string of the molecule is CC1CC1NC(=O)N1CCC1. The maximum atomic E-state index is 11.2. The highest BCUT2D eigenvalue weighted by Crippen LogP contribution is 2.29. The van der Waals surface area contributed by atoms with Gasteiger partial charge in [-0.1, -0.05) is 6.92 Å². The molecule has 0 spiro atoms. The lowest BCUT2D eigenvalue weighted by atomic mass is 10.2. The van der Waals surface area contributed by atoms with Gasteiger partial charge in [-0.05, 0) is 18.8 Å². The Morgan fingerprint density at radius 2 is 2.18 bits per heavy atom. The van der Waals surface area contributed by atoms with Crippen LogP contribution in [0, 0.1) is 5.92 Å². The minimum absolute atomic E-state index is 0.144. The smallest absolute Gasteiger partial charge is 0.317 e. The zero-order valence-corrected chi connectivity index (χ0v) is 6.84. The molecule has 1 N–H and O–H groups in total. The van der Waals surface area contributed by atoms with E-state index in [1.807, 2.05) is 4.90 Å².